The predicted octanol–water partition coefficient (Wildman–Crippen LogP) is 2.42. The molecule has 0 spiro atoms. The predicted molar refractivity (Wildman–Crippen MR) is 103 cm³/mol. The molecule has 1 aliphatic rings. The number of hydrogen-bond donors (Lipinski definition) is 2. The van der Waals surface area contributed by atoms with E-state index in [1.807, 2.05) is 31.3 Å². The molecule has 2 aromatic rings. The molecule has 0 aliphatic carbocycles. The summed E-state index contributed by atoms with van der Waals surface area (Å²) in [6, 6.07) is 8.14. The molecule has 2 heterocycles. The molecule has 0 atom stereocenters. The number of amides is 1. The second-order valence-electron chi connectivity index (χ2n) is 6.92. The van der Waals surface area contributed by atoms with Crippen molar-refractivity contribution in [3.63, 3.8) is 0 Å². The van der Waals surface area contributed by atoms with Gasteiger partial charge < -0.3 is 10.3 Å². The van der Waals surface area contributed by atoms with Gasteiger partial charge in [-0.15, -0.1) is 0 Å². The van der Waals surface area contributed by atoms with Crippen LogP contribution in [0.5, 0.6) is 0 Å². The van der Waals surface area contributed by atoms with Crippen LogP contribution in [0.25, 0.3) is 10.9 Å². The van der Waals surface area contributed by atoms with Crippen LogP contribution in [0, 0.1) is 0 Å². The molecule has 1 aromatic carbocycles. The maximum atomic E-state index is 12.3. The van der Waals surface area contributed by atoms with Gasteiger partial charge in [-0.2, -0.15) is 0 Å². The second kappa shape index (κ2) is 8.22. The van der Waals surface area contributed by atoms with Crippen molar-refractivity contribution in [3.8, 4) is 0 Å². The number of nitrogens with zero attached hydrogens (tertiary/aromatic N) is 1. The van der Waals surface area contributed by atoms with Gasteiger partial charge in [0.15, 0.2) is 0 Å². The topological polar surface area (TPSA) is 82.3 Å². The molecule has 0 unspecified atom stereocenters. The van der Waals surface area contributed by atoms with E-state index in [4.69, 9.17) is 0 Å². The summed E-state index contributed by atoms with van der Waals surface area (Å²) in [6.45, 7) is 2.86. The Bertz CT molecular complexity index is 852. The summed E-state index contributed by atoms with van der Waals surface area (Å²) in [7, 11) is -3.13. The first kappa shape index (κ1) is 18.9. The lowest BCUT2D eigenvalue weighted by atomic mass is 10.1. The Hall–Kier alpha value is -1.86. The molecule has 0 saturated carbocycles. The second-order valence-corrected chi connectivity index (χ2v) is 9.00. The number of aromatic amines is 1. The fourth-order valence-corrected chi connectivity index (χ4v) is 5.09. The fraction of sp³-hybridized carbons (Fsp3) is 0.526. The highest BCUT2D eigenvalue weighted by atomic mass is 32.2. The van der Waals surface area contributed by atoms with Gasteiger partial charge in [0.05, 0.1) is 5.75 Å². The van der Waals surface area contributed by atoms with E-state index in [9.17, 15) is 13.2 Å². The summed E-state index contributed by atoms with van der Waals surface area (Å²) < 4.78 is 25.7. The molecule has 1 aromatic heterocycles. The van der Waals surface area contributed by atoms with E-state index < -0.39 is 10.0 Å². The third kappa shape index (κ3) is 4.45. The van der Waals surface area contributed by atoms with E-state index in [0.717, 1.165) is 16.5 Å². The fourth-order valence-electron chi connectivity index (χ4n) is 3.55. The molecular weight excluding hydrogens is 350 g/mol. The summed E-state index contributed by atoms with van der Waals surface area (Å²) in [5, 5.41) is 4.22. The number of carbonyl (C=O) groups excluding carboxylic acids is 1. The Balaban J connectivity index is 1.46. The van der Waals surface area contributed by atoms with Crippen LogP contribution in [0.2, 0.25) is 0 Å². The number of rotatable bonds is 7. The maximum Gasteiger partial charge on any atom is 0.220 e. The average Bonchev–Trinajstić information content (AvgIpc) is 3.04. The van der Waals surface area contributed by atoms with Gasteiger partial charge in [0.1, 0.15) is 0 Å². The van der Waals surface area contributed by atoms with Crippen molar-refractivity contribution in [3.05, 3.63) is 36.0 Å². The molecule has 1 saturated heterocycles. The highest BCUT2D eigenvalue weighted by Crippen LogP contribution is 2.19. The van der Waals surface area contributed by atoms with Crippen molar-refractivity contribution < 1.29 is 13.2 Å². The van der Waals surface area contributed by atoms with Gasteiger partial charge in [0, 0.05) is 42.7 Å². The van der Waals surface area contributed by atoms with E-state index in [1.54, 1.807) is 4.31 Å². The number of benzene rings is 1. The van der Waals surface area contributed by atoms with Gasteiger partial charge in [-0.1, -0.05) is 25.1 Å². The Kier molecular flexibility index (Phi) is 5.98. The van der Waals surface area contributed by atoms with Crippen LogP contribution < -0.4 is 5.32 Å². The Labute approximate surface area is 155 Å². The molecule has 7 heteroatoms. The number of piperidine rings is 1. The van der Waals surface area contributed by atoms with Crippen LogP contribution >= 0.6 is 0 Å². The third-order valence-corrected chi connectivity index (χ3v) is 7.05. The quantitative estimate of drug-likeness (QED) is 0.777. The number of fused-ring (bicyclic) bond motifs is 1. The van der Waals surface area contributed by atoms with Crippen LogP contribution in [-0.4, -0.2) is 48.5 Å². The Morgan fingerprint density at radius 2 is 2.00 bits per heavy atom. The van der Waals surface area contributed by atoms with Crippen LogP contribution in [0.3, 0.4) is 0 Å². The Morgan fingerprint density at radius 1 is 1.27 bits per heavy atom. The molecule has 1 fully saturated rings. The van der Waals surface area contributed by atoms with E-state index in [1.165, 1.54) is 0 Å². The van der Waals surface area contributed by atoms with Crippen molar-refractivity contribution in [1.82, 2.24) is 14.6 Å². The highest BCUT2D eigenvalue weighted by Gasteiger charge is 2.27. The summed E-state index contributed by atoms with van der Waals surface area (Å²) in [5.41, 5.74) is 2.24. The van der Waals surface area contributed by atoms with E-state index in [-0.39, 0.29) is 17.7 Å². The lowest BCUT2D eigenvalue weighted by Crippen LogP contribution is -2.47. The van der Waals surface area contributed by atoms with Gasteiger partial charge >= 0.3 is 0 Å². The smallest absolute Gasteiger partial charge is 0.220 e. The van der Waals surface area contributed by atoms with Crippen LogP contribution in [-0.2, 0) is 21.2 Å². The van der Waals surface area contributed by atoms with E-state index in [0.29, 0.717) is 45.2 Å². The summed E-state index contributed by atoms with van der Waals surface area (Å²) >= 11 is 0. The summed E-state index contributed by atoms with van der Waals surface area (Å²) in [6.07, 6.45) is 5.10. The number of carbonyl (C=O) groups is 1. The molecule has 2 N–H and O–H groups in total. The normalized spacial score (nSPS) is 16.8. The minimum atomic E-state index is -3.13. The molecular formula is C19H27N3O3S. The van der Waals surface area contributed by atoms with Crippen LogP contribution in [0.4, 0.5) is 0 Å². The first-order chi connectivity index (χ1) is 12.5. The zero-order chi connectivity index (χ0) is 18.6. The number of aryl methyl sites for hydroxylation is 1. The monoisotopic (exact) mass is 377 g/mol. The van der Waals surface area contributed by atoms with Gasteiger partial charge in [0.2, 0.25) is 15.9 Å². The SMILES string of the molecule is CCCS(=O)(=O)N1CCC(NC(=O)CCc2c[nH]c3ccccc23)CC1. The maximum absolute atomic E-state index is 12.3. The minimum absolute atomic E-state index is 0.0325. The van der Waals surface area contributed by atoms with Crippen molar-refractivity contribution >= 4 is 26.8 Å². The molecule has 1 amide bonds. The third-order valence-electron chi connectivity index (χ3n) is 4.97. The van der Waals surface area contributed by atoms with Crippen molar-refractivity contribution in [2.45, 2.75) is 45.1 Å². The molecule has 6 nitrogen and oxygen atoms in total. The number of sulfonamides is 1. The standard InChI is InChI=1S/C19H27N3O3S/c1-2-13-26(24,25)22-11-9-16(10-12-22)21-19(23)8-7-15-14-20-18-6-4-3-5-17(15)18/h3-6,14,16,20H,2,7-13H2,1H3,(H,21,23). The first-order valence-electron chi connectivity index (χ1n) is 9.32. The first-order valence-corrected chi connectivity index (χ1v) is 10.9. The number of nitrogens with one attached hydrogen (secondary N) is 2. The molecule has 26 heavy (non-hydrogen) atoms. The zero-order valence-electron chi connectivity index (χ0n) is 15.2. The van der Waals surface area contributed by atoms with Crippen molar-refractivity contribution in [1.29, 1.82) is 0 Å². The van der Waals surface area contributed by atoms with Gasteiger partial charge in [-0.05, 0) is 37.3 Å². The van der Waals surface area contributed by atoms with Crippen molar-refractivity contribution in [2.24, 2.45) is 0 Å². The number of hydrogen-bond acceptors (Lipinski definition) is 3. The molecule has 3 rings (SSSR count). The van der Waals surface area contributed by atoms with Gasteiger partial charge in [-0.3, -0.25) is 4.79 Å². The summed E-state index contributed by atoms with van der Waals surface area (Å²) in [4.78, 5) is 15.5. The lowest BCUT2D eigenvalue weighted by Gasteiger charge is -2.31. The molecule has 0 bridgehead atoms. The molecule has 1 aliphatic heterocycles. The molecule has 0 radical (unpaired) electrons. The lowest BCUT2D eigenvalue weighted by molar-refractivity contribution is -0.122. The summed E-state index contributed by atoms with van der Waals surface area (Å²) in [5.74, 6) is 0.236. The average molecular weight is 378 g/mol. The number of H-pyrrole nitrogens is 1. The highest BCUT2D eigenvalue weighted by molar-refractivity contribution is 7.89. The van der Waals surface area contributed by atoms with Crippen LogP contribution in [0.1, 0.15) is 38.2 Å². The zero-order valence-corrected chi connectivity index (χ0v) is 16.0. The number of aromatic nitrogens is 1. The van der Waals surface area contributed by atoms with Gasteiger partial charge in [0.25, 0.3) is 0 Å². The molecule has 142 valence electrons. The van der Waals surface area contributed by atoms with E-state index >= 15 is 0 Å². The van der Waals surface area contributed by atoms with Crippen LogP contribution in [0.15, 0.2) is 30.5 Å². The van der Waals surface area contributed by atoms with Crippen molar-refractivity contribution in [2.75, 3.05) is 18.8 Å². The van der Waals surface area contributed by atoms with Gasteiger partial charge in [-0.25, -0.2) is 12.7 Å². The minimum Gasteiger partial charge on any atom is -0.361 e. The van der Waals surface area contributed by atoms with E-state index in [2.05, 4.69) is 16.4 Å². The largest absolute Gasteiger partial charge is 0.361 e. The number of para-hydroxylation sites is 1. The Morgan fingerprint density at radius 3 is 2.73 bits per heavy atom.